The molecular weight excluding hydrogens is 232 g/mol. The summed E-state index contributed by atoms with van der Waals surface area (Å²) in [6.07, 6.45) is 1.97. The minimum absolute atomic E-state index is 0.131. The molecule has 0 saturated heterocycles. The summed E-state index contributed by atoms with van der Waals surface area (Å²) >= 11 is 0. The van der Waals surface area contributed by atoms with Crippen molar-refractivity contribution in [3.05, 3.63) is 23.9 Å². The Bertz CT molecular complexity index is 428. The van der Waals surface area contributed by atoms with Crippen LogP contribution in [0.2, 0.25) is 0 Å². The fourth-order valence-electron chi connectivity index (χ4n) is 1.37. The fraction of sp³-hybridized carbons (Fsp3) is 0.417. The van der Waals surface area contributed by atoms with Crippen molar-refractivity contribution < 1.29 is 9.53 Å². The molecule has 1 aromatic heterocycles. The molecule has 0 atom stereocenters. The van der Waals surface area contributed by atoms with E-state index in [1.54, 1.807) is 13.3 Å². The minimum Gasteiger partial charge on any atom is -0.481 e. The Labute approximate surface area is 106 Å². The van der Waals surface area contributed by atoms with Gasteiger partial charge in [0.25, 0.3) is 0 Å². The van der Waals surface area contributed by atoms with Gasteiger partial charge < -0.3 is 15.4 Å². The Morgan fingerprint density at radius 3 is 3.17 bits per heavy atom. The second-order valence-corrected chi connectivity index (χ2v) is 3.53. The van der Waals surface area contributed by atoms with Crippen LogP contribution in [-0.2, 0) is 11.3 Å². The zero-order chi connectivity index (χ0) is 13.2. The van der Waals surface area contributed by atoms with Gasteiger partial charge in [-0.25, -0.2) is 4.98 Å². The summed E-state index contributed by atoms with van der Waals surface area (Å²) in [5, 5.41) is 13.9. The van der Waals surface area contributed by atoms with Crippen molar-refractivity contribution in [1.82, 2.24) is 15.6 Å². The van der Waals surface area contributed by atoms with E-state index in [1.807, 2.05) is 18.2 Å². The predicted molar refractivity (Wildman–Crippen MR) is 65.7 cm³/mol. The topological polar surface area (TPSA) is 87.0 Å². The molecule has 18 heavy (non-hydrogen) atoms. The van der Waals surface area contributed by atoms with E-state index < -0.39 is 0 Å². The number of nitriles is 1. The average molecular weight is 248 g/mol. The maximum absolute atomic E-state index is 11.3. The quantitative estimate of drug-likeness (QED) is 0.673. The maximum Gasteiger partial charge on any atom is 0.234 e. The zero-order valence-electron chi connectivity index (χ0n) is 10.3. The van der Waals surface area contributed by atoms with Gasteiger partial charge in [-0.15, -0.1) is 0 Å². The Hall–Kier alpha value is -2.13. The predicted octanol–water partition coefficient (Wildman–Crippen LogP) is 0.210. The molecule has 0 aliphatic rings. The van der Waals surface area contributed by atoms with Crippen LogP contribution in [0.5, 0.6) is 5.88 Å². The third-order valence-electron chi connectivity index (χ3n) is 2.20. The number of hydrogen-bond donors (Lipinski definition) is 2. The third kappa shape index (κ3) is 4.80. The Balaban J connectivity index is 2.29. The number of rotatable bonds is 7. The normalized spacial score (nSPS) is 9.56. The number of carbonyl (C=O) groups is 1. The molecule has 1 rings (SSSR count). The summed E-state index contributed by atoms with van der Waals surface area (Å²) in [4.78, 5) is 15.4. The SMILES string of the molecule is COc1ncccc1CNCC(=O)NCCC#N. The molecule has 2 N–H and O–H groups in total. The van der Waals surface area contributed by atoms with Gasteiger partial charge in [-0.3, -0.25) is 4.79 Å². The van der Waals surface area contributed by atoms with Gasteiger partial charge in [0.15, 0.2) is 0 Å². The molecule has 1 heterocycles. The largest absolute Gasteiger partial charge is 0.481 e. The van der Waals surface area contributed by atoms with E-state index in [-0.39, 0.29) is 12.5 Å². The van der Waals surface area contributed by atoms with Crippen molar-refractivity contribution in [3.63, 3.8) is 0 Å². The van der Waals surface area contributed by atoms with E-state index in [0.717, 1.165) is 5.56 Å². The lowest BCUT2D eigenvalue weighted by atomic mass is 10.2. The number of amides is 1. The number of nitrogens with zero attached hydrogens (tertiary/aromatic N) is 2. The molecule has 0 unspecified atom stereocenters. The summed E-state index contributed by atoms with van der Waals surface area (Å²) in [5.74, 6) is 0.419. The van der Waals surface area contributed by atoms with Crippen molar-refractivity contribution in [2.75, 3.05) is 20.2 Å². The van der Waals surface area contributed by atoms with Crippen LogP contribution in [-0.4, -0.2) is 31.1 Å². The molecule has 0 saturated carbocycles. The highest BCUT2D eigenvalue weighted by Crippen LogP contribution is 2.12. The summed E-state index contributed by atoms with van der Waals surface area (Å²) in [6.45, 7) is 1.08. The number of aromatic nitrogens is 1. The van der Waals surface area contributed by atoms with E-state index in [0.29, 0.717) is 25.4 Å². The molecule has 1 amide bonds. The molecule has 6 heteroatoms. The van der Waals surface area contributed by atoms with Gasteiger partial charge >= 0.3 is 0 Å². The first-order chi connectivity index (χ1) is 8.77. The van der Waals surface area contributed by atoms with Crippen LogP contribution < -0.4 is 15.4 Å². The van der Waals surface area contributed by atoms with Crippen LogP contribution in [0.15, 0.2) is 18.3 Å². The van der Waals surface area contributed by atoms with Gasteiger partial charge in [-0.2, -0.15) is 5.26 Å². The number of ether oxygens (including phenoxy) is 1. The maximum atomic E-state index is 11.3. The Morgan fingerprint density at radius 2 is 2.44 bits per heavy atom. The molecular formula is C12H16N4O2. The standard InChI is InChI=1S/C12H16N4O2/c1-18-12-10(4-2-6-16-12)8-14-9-11(17)15-7-3-5-13/h2,4,6,14H,3,7-9H2,1H3,(H,15,17). The van der Waals surface area contributed by atoms with Gasteiger partial charge in [0.05, 0.1) is 26.1 Å². The van der Waals surface area contributed by atoms with E-state index in [9.17, 15) is 4.79 Å². The van der Waals surface area contributed by atoms with Crippen LogP contribution in [0, 0.1) is 11.3 Å². The van der Waals surface area contributed by atoms with Crippen LogP contribution in [0.3, 0.4) is 0 Å². The molecule has 96 valence electrons. The zero-order valence-corrected chi connectivity index (χ0v) is 10.3. The molecule has 0 aliphatic heterocycles. The lowest BCUT2D eigenvalue weighted by Crippen LogP contribution is -2.34. The van der Waals surface area contributed by atoms with Crippen LogP contribution in [0.25, 0.3) is 0 Å². The second-order valence-electron chi connectivity index (χ2n) is 3.53. The number of nitrogens with one attached hydrogen (secondary N) is 2. The van der Waals surface area contributed by atoms with Crippen molar-refractivity contribution in [3.8, 4) is 11.9 Å². The van der Waals surface area contributed by atoms with Crippen molar-refractivity contribution in [1.29, 1.82) is 5.26 Å². The molecule has 6 nitrogen and oxygen atoms in total. The van der Waals surface area contributed by atoms with E-state index in [2.05, 4.69) is 15.6 Å². The van der Waals surface area contributed by atoms with E-state index >= 15 is 0 Å². The number of hydrogen-bond acceptors (Lipinski definition) is 5. The Kier molecular flexibility index (Phi) is 6.22. The van der Waals surface area contributed by atoms with Gasteiger partial charge in [0.1, 0.15) is 0 Å². The molecule has 0 aliphatic carbocycles. The van der Waals surface area contributed by atoms with Crippen molar-refractivity contribution in [2.45, 2.75) is 13.0 Å². The first-order valence-electron chi connectivity index (χ1n) is 5.60. The van der Waals surface area contributed by atoms with Crippen molar-refractivity contribution in [2.24, 2.45) is 0 Å². The van der Waals surface area contributed by atoms with Gasteiger partial charge in [-0.1, -0.05) is 6.07 Å². The number of carbonyl (C=O) groups excluding carboxylic acids is 1. The van der Waals surface area contributed by atoms with Gasteiger partial charge in [0.2, 0.25) is 11.8 Å². The highest BCUT2D eigenvalue weighted by molar-refractivity contribution is 5.77. The van der Waals surface area contributed by atoms with Crippen molar-refractivity contribution >= 4 is 5.91 Å². The van der Waals surface area contributed by atoms with Crippen LogP contribution >= 0.6 is 0 Å². The highest BCUT2D eigenvalue weighted by atomic mass is 16.5. The van der Waals surface area contributed by atoms with Crippen LogP contribution in [0.4, 0.5) is 0 Å². The molecule has 0 spiro atoms. The summed E-state index contributed by atoms with van der Waals surface area (Å²) in [5.41, 5.74) is 0.893. The number of pyridine rings is 1. The van der Waals surface area contributed by atoms with Gasteiger partial charge in [-0.05, 0) is 6.07 Å². The molecule has 0 fully saturated rings. The van der Waals surface area contributed by atoms with E-state index in [1.165, 1.54) is 0 Å². The lowest BCUT2D eigenvalue weighted by Gasteiger charge is -2.08. The molecule has 0 radical (unpaired) electrons. The third-order valence-corrected chi connectivity index (χ3v) is 2.20. The first kappa shape index (κ1) is 13.9. The van der Waals surface area contributed by atoms with Gasteiger partial charge in [0, 0.05) is 24.8 Å². The fourth-order valence-corrected chi connectivity index (χ4v) is 1.37. The van der Waals surface area contributed by atoms with E-state index in [4.69, 9.17) is 10.00 Å². The second kappa shape index (κ2) is 8.03. The molecule has 1 aromatic rings. The monoisotopic (exact) mass is 248 g/mol. The first-order valence-corrected chi connectivity index (χ1v) is 5.60. The Morgan fingerprint density at radius 1 is 1.61 bits per heavy atom. The summed E-state index contributed by atoms with van der Waals surface area (Å²) in [6, 6.07) is 5.65. The smallest absolute Gasteiger partial charge is 0.234 e. The molecule has 0 bridgehead atoms. The molecule has 0 aromatic carbocycles. The average Bonchev–Trinajstić information content (AvgIpc) is 2.39. The highest BCUT2D eigenvalue weighted by Gasteiger charge is 2.04. The van der Waals surface area contributed by atoms with Crippen LogP contribution in [0.1, 0.15) is 12.0 Å². The minimum atomic E-state index is -0.131. The lowest BCUT2D eigenvalue weighted by molar-refractivity contribution is -0.120. The summed E-state index contributed by atoms with van der Waals surface area (Å²) < 4.78 is 5.09. The summed E-state index contributed by atoms with van der Waals surface area (Å²) in [7, 11) is 1.56. The number of methoxy groups -OCH3 is 1.